The van der Waals surface area contributed by atoms with Crippen molar-refractivity contribution < 1.29 is 19.1 Å². The molecule has 0 unspecified atom stereocenters. The van der Waals surface area contributed by atoms with Gasteiger partial charge in [0.25, 0.3) is 5.91 Å². The molecule has 0 aromatic carbocycles. The van der Waals surface area contributed by atoms with E-state index in [-0.39, 0.29) is 24.5 Å². The molecule has 116 valence electrons. The van der Waals surface area contributed by atoms with Gasteiger partial charge in [-0.2, -0.15) is 0 Å². The van der Waals surface area contributed by atoms with Crippen molar-refractivity contribution in [2.45, 2.75) is 31.5 Å². The molecule has 1 aliphatic rings. The first-order valence-corrected chi connectivity index (χ1v) is 6.94. The molecular formula is C13H25N3O4. The van der Waals surface area contributed by atoms with E-state index in [1.54, 1.807) is 14.2 Å². The standard InChI is InChI=1S/C13H25N3O4/c1-16(9-12(17)15-6-3-7-19-2)13(18)11-5-4-10(8-14)20-11/h10-11H,3-9,14H2,1-2H3,(H,15,17)/t10-,11+/m1/s1. The van der Waals surface area contributed by atoms with E-state index in [4.69, 9.17) is 15.2 Å². The van der Waals surface area contributed by atoms with E-state index in [9.17, 15) is 9.59 Å². The lowest BCUT2D eigenvalue weighted by atomic mass is 10.2. The van der Waals surface area contributed by atoms with Crippen molar-refractivity contribution in [3.05, 3.63) is 0 Å². The number of nitrogens with zero attached hydrogens (tertiary/aromatic N) is 1. The minimum atomic E-state index is -0.463. The van der Waals surface area contributed by atoms with Crippen LogP contribution < -0.4 is 11.1 Å². The third-order valence-corrected chi connectivity index (χ3v) is 3.25. The van der Waals surface area contributed by atoms with Crippen molar-refractivity contribution in [2.24, 2.45) is 5.73 Å². The van der Waals surface area contributed by atoms with Crippen LogP contribution in [0.3, 0.4) is 0 Å². The van der Waals surface area contributed by atoms with Crippen LogP contribution in [0, 0.1) is 0 Å². The van der Waals surface area contributed by atoms with Gasteiger partial charge in [-0.25, -0.2) is 0 Å². The predicted octanol–water partition coefficient (Wildman–Crippen LogP) is -0.896. The Morgan fingerprint density at radius 2 is 2.20 bits per heavy atom. The number of methoxy groups -OCH3 is 1. The summed E-state index contributed by atoms with van der Waals surface area (Å²) in [7, 11) is 3.22. The fraction of sp³-hybridized carbons (Fsp3) is 0.846. The molecule has 1 heterocycles. The first kappa shape index (κ1) is 16.9. The summed E-state index contributed by atoms with van der Waals surface area (Å²) in [6.07, 6.45) is 1.71. The maximum Gasteiger partial charge on any atom is 0.251 e. The Bertz CT molecular complexity index is 325. The smallest absolute Gasteiger partial charge is 0.251 e. The van der Waals surface area contributed by atoms with E-state index in [2.05, 4.69) is 5.32 Å². The molecule has 1 fully saturated rings. The third-order valence-electron chi connectivity index (χ3n) is 3.25. The van der Waals surface area contributed by atoms with Crippen LogP contribution in [0.25, 0.3) is 0 Å². The van der Waals surface area contributed by atoms with Crippen molar-refractivity contribution in [3.63, 3.8) is 0 Å². The summed E-state index contributed by atoms with van der Waals surface area (Å²) in [6.45, 7) is 1.61. The van der Waals surface area contributed by atoms with Crippen molar-refractivity contribution >= 4 is 11.8 Å². The quantitative estimate of drug-likeness (QED) is 0.565. The zero-order valence-electron chi connectivity index (χ0n) is 12.3. The molecule has 2 atom stereocenters. The number of hydrogen-bond acceptors (Lipinski definition) is 5. The number of carbonyl (C=O) groups excluding carboxylic acids is 2. The van der Waals surface area contributed by atoms with Gasteiger partial charge in [-0.05, 0) is 19.3 Å². The first-order valence-electron chi connectivity index (χ1n) is 6.94. The molecule has 1 saturated heterocycles. The predicted molar refractivity (Wildman–Crippen MR) is 74.1 cm³/mol. The van der Waals surface area contributed by atoms with Crippen LogP contribution >= 0.6 is 0 Å². The second-order valence-electron chi connectivity index (χ2n) is 4.95. The Hall–Kier alpha value is -1.18. The highest BCUT2D eigenvalue weighted by Crippen LogP contribution is 2.20. The summed E-state index contributed by atoms with van der Waals surface area (Å²) in [5, 5.41) is 2.74. The molecule has 1 aliphatic heterocycles. The van der Waals surface area contributed by atoms with E-state index in [1.807, 2.05) is 0 Å². The Morgan fingerprint density at radius 3 is 2.80 bits per heavy atom. The zero-order valence-corrected chi connectivity index (χ0v) is 12.3. The van der Waals surface area contributed by atoms with E-state index in [0.717, 1.165) is 12.8 Å². The molecule has 2 amide bonds. The van der Waals surface area contributed by atoms with E-state index < -0.39 is 6.10 Å². The topological polar surface area (TPSA) is 93.9 Å². The summed E-state index contributed by atoms with van der Waals surface area (Å²) < 4.78 is 10.4. The highest BCUT2D eigenvalue weighted by molar-refractivity contribution is 5.86. The molecule has 0 radical (unpaired) electrons. The molecule has 0 aliphatic carbocycles. The van der Waals surface area contributed by atoms with Crippen molar-refractivity contribution in [1.29, 1.82) is 0 Å². The van der Waals surface area contributed by atoms with Gasteiger partial charge in [-0.15, -0.1) is 0 Å². The molecule has 0 bridgehead atoms. The number of ether oxygens (including phenoxy) is 2. The van der Waals surface area contributed by atoms with Gasteiger partial charge >= 0.3 is 0 Å². The normalized spacial score (nSPS) is 21.8. The van der Waals surface area contributed by atoms with Gasteiger partial charge in [0, 0.05) is 33.9 Å². The number of nitrogens with one attached hydrogen (secondary N) is 1. The van der Waals surface area contributed by atoms with Gasteiger partial charge in [-0.1, -0.05) is 0 Å². The molecule has 0 aromatic rings. The third kappa shape index (κ3) is 5.44. The average molecular weight is 287 g/mol. The van der Waals surface area contributed by atoms with Crippen LogP contribution in [0.4, 0.5) is 0 Å². The fourth-order valence-electron chi connectivity index (χ4n) is 2.10. The highest BCUT2D eigenvalue weighted by atomic mass is 16.5. The highest BCUT2D eigenvalue weighted by Gasteiger charge is 2.32. The van der Waals surface area contributed by atoms with E-state index in [1.165, 1.54) is 4.90 Å². The Morgan fingerprint density at radius 1 is 1.45 bits per heavy atom. The van der Waals surface area contributed by atoms with Crippen molar-refractivity contribution in [2.75, 3.05) is 40.4 Å². The van der Waals surface area contributed by atoms with Crippen LogP contribution in [0.15, 0.2) is 0 Å². The lowest BCUT2D eigenvalue weighted by Crippen LogP contribution is -2.43. The molecule has 0 aromatic heterocycles. The molecule has 3 N–H and O–H groups in total. The van der Waals surface area contributed by atoms with E-state index in [0.29, 0.717) is 26.1 Å². The van der Waals surface area contributed by atoms with Crippen LogP contribution in [-0.2, 0) is 19.1 Å². The summed E-state index contributed by atoms with van der Waals surface area (Å²) in [6, 6.07) is 0. The number of carbonyl (C=O) groups is 2. The number of likely N-dealkylation sites (N-methyl/N-ethyl adjacent to an activating group) is 1. The Balaban J connectivity index is 2.25. The molecule has 0 saturated carbocycles. The molecule has 7 nitrogen and oxygen atoms in total. The fourth-order valence-corrected chi connectivity index (χ4v) is 2.10. The zero-order chi connectivity index (χ0) is 15.0. The van der Waals surface area contributed by atoms with Gasteiger partial charge in [-0.3, -0.25) is 9.59 Å². The van der Waals surface area contributed by atoms with Crippen molar-refractivity contribution in [1.82, 2.24) is 10.2 Å². The minimum absolute atomic E-state index is 0.0406. The number of nitrogens with two attached hydrogens (primary N) is 1. The summed E-state index contributed by atoms with van der Waals surface area (Å²) >= 11 is 0. The maximum atomic E-state index is 12.1. The van der Waals surface area contributed by atoms with Crippen LogP contribution in [0.2, 0.25) is 0 Å². The van der Waals surface area contributed by atoms with Crippen LogP contribution in [-0.4, -0.2) is 69.3 Å². The summed E-state index contributed by atoms with van der Waals surface area (Å²) in [4.78, 5) is 25.1. The van der Waals surface area contributed by atoms with Gasteiger partial charge in [0.05, 0.1) is 12.6 Å². The Kier molecular flexibility index (Phi) is 7.50. The monoisotopic (exact) mass is 287 g/mol. The van der Waals surface area contributed by atoms with Crippen LogP contribution in [0.5, 0.6) is 0 Å². The molecule has 0 spiro atoms. The SMILES string of the molecule is COCCCNC(=O)CN(C)C(=O)[C@@H]1CC[C@H](CN)O1. The average Bonchev–Trinajstić information content (AvgIpc) is 2.91. The van der Waals surface area contributed by atoms with Crippen LogP contribution in [0.1, 0.15) is 19.3 Å². The van der Waals surface area contributed by atoms with Gasteiger partial charge < -0.3 is 25.4 Å². The van der Waals surface area contributed by atoms with E-state index >= 15 is 0 Å². The molecule has 1 rings (SSSR count). The summed E-state index contributed by atoms with van der Waals surface area (Å²) in [5.41, 5.74) is 5.51. The molecule has 7 heteroatoms. The second-order valence-corrected chi connectivity index (χ2v) is 4.95. The Labute approximate surface area is 119 Å². The largest absolute Gasteiger partial charge is 0.385 e. The number of amides is 2. The number of hydrogen-bond donors (Lipinski definition) is 2. The van der Waals surface area contributed by atoms with Gasteiger partial charge in [0.2, 0.25) is 5.91 Å². The minimum Gasteiger partial charge on any atom is -0.385 e. The first-order chi connectivity index (χ1) is 9.58. The van der Waals surface area contributed by atoms with Crippen molar-refractivity contribution in [3.8, 4) is 0 Å². The van der Waals surface area contributed by atoms with Gasteiger partial charge in [0.1, 0.15) is 6.10 Å². The second kappa shape index (κ2) is 8.89. The molecular weight excluding hydrogens is 262 g/mol. The summed E-state index contributed by atoms with van der Waals surface area (Å²) in [5.74, 6) is -0.335. The number of rotatable bonds is 8. The maximum absolute atomic E-state index is 12.1. The van der Waals surface area contributed by atoms with Gasteiger partial charge in [0.15, 0.2) is 0 Å². The molecule has 20 heavy (non-hydrogen) atoms. The lowest BCUT2D eigenvalue weighted by Gasteiger charge is -2.20. The lowest BCUT2D eigenvalue weighted by molar-refractivity contribution is -0.144.